The van der Waals surface area contributed by atoms with Gasteiger partial charge in [-0.1, -0.05) is 39.1 Å². The van der Waals surface area contributed by atoms with Gasteiger partial charge in [-0.3, -0.25) is 9.59 Å². The van der Waals surface area contributed by atoms with E-state index in [0.717, 1.165) is 9.37 Å². The third-order valence-corrected chi connectivity index (χ3v) is 4.05. The lowest BCUT2D eigenvalue weighted by Gasteiger charge is -2.15. The first-order valence-electron chi connectivity index (χ1n) is 5.62. The fourth-order valence-corrected chi connectivity index (χ4v) is 2.81. The summed E-state index contributed by atoms with van der Waals surface area (Å²) in [5.74, 6) is -0.825. The first-order valence-corrected chi connectivity index (χ1v) is 7.17. The average molecular weight is 371 g/mol. The maximum Gasteiger partial charge on any atom is 0.266 e. The van der Waals surface area contributed by atoms with E-state index in [1.54, 1.807) is 30.3 Å². The van der Waals surface area contributed by atoms with E-state index in [4.69, 9.17) is 23.2 Å². The Kier molecular flexibility index (Phi) is 3.32. The molecule has 2 amide bonds. The number of carbonyl (C=O) groups excluding carboxylic acids is 2. The van der Waals surface area contributed by atoms with Crippen molar-refractivity contribution in [3.05, 3.63) is 62.0 Å². The largest absolute Gasteiger partial charge is 0.268 e. The molecule has 0 unspecified atom stereocenters. The highest BCUT2D eigenvalue weighted by atomic mass is 79.9. The Hall–Kier alpha value is -1.36. The topological polar surface area (TPSA) is 37.4 Å². The molecule has 1 heterocycles. The number of amides is 2. The molecule has 0 aliphatic carbocycles. The third kappa shape index (κ3) is 2.04. The van der Waals surface area contributed by atoms with Crippen LogP contribution < -0.4 is 4.90 Å². The summed E-state index contributed by atoms with van der Waals surface area (Å²) in [7, 11) is 0. The molecular weight excluding hydrogens is 365 g/mol. The van der Waals surface area contributed by atoms with Crippen LogP contribution in [0.2, 0.25) is 10.0 Å². The van der Waals surface area contributed by atoms with Crippen LogP contribution in [0.1, 0.15) is 20.7 Å². The molecule has 0 saturated heterocycles. The molecule has 0 saturated carbocycles. The normalized spacial score (nSPS) is 13.8. The summed E-state index contributed by atoms with van der Waals surface area (Å²) in [6.07, 6.45) is 0. The standard InChI is InChI=1S/C14H6BrCl2NO2/c15-7-1-4-11(17)12(5-7)18-13(19)9-3-2-8(16)6-10(9)14(18)20/h1-6H. The number of hydrogen-bond donors (Lipinski definition) is 0. The highest BCUT2D eigenvalue weighted by molar-refractivity contribution is 9.10. The highest BCUT2D eigenvalue weighted by Crippen LogP contribution is 2.35. The van der Waals surface area contributed by atoms with Gasteiger partial charge in [0.05, 0.1) is 21.8 Å². The summed E-state index contributed by atoms with van der Waals surface area (Å²) < 4.78 is 0.728. The molecule has 20 heavy (non-hydrogen) atoms. The molecule has 6 heteroatoms. The van der Waals surface area contributed by atoms with E-state index in [1.165, 1.54) is 6.07 Å². The van der Waals surface area contributed by atoms with E-state index in [9.17, 15) is 9.59 Å². The van der Waals surface area contributed by atoms with E-state index in [0.29, 0.717) is 26.9 Å². The number of benzene rings is 2. The predicted octanol–water partition coefficient (Wildman–Crippen LogP) is 4.56. The fourth-order valence-electron chi connectivity index (χ4n) is 2.09. The Bertz CT molecular complexity index is 761. The fraction of sp³-hybridized carbons (Fsp3) is 0. The van der Waals surface area contributed by atoms with Crippen LogP contribution in [-0.4, -0.2) is 11.8 Å². The van der Waals surface area contributed by atoms with Crippen molar-refractivity contribution in [2.75, 3.05) is 4.90 Å². The molecule has 2 aromatic rings. The minimum Gasteiger partial charge on any atom is -0.268 e. The molecule has 0 fully saturated rings. The molecule has 0 spiro atoms. The number of anilines is 1. The van der Waals surface area contributed by atoms with Crippen LogP contribution in [0.4, 0.5) is 5.69 Å². The molecular formula is C14H6BrCl2NO2. The number of hydrogen-bond acceptors (Lipinski definition) is 2. The second-order valence-electron chi connectivity index (χ2n) is 4.23. The second kappa shape index (κ2) is 4.88. The van der Waals surface area contributed by atoms with Gasteiger partial charge in [-0.05, 0) is 36.4 Å². The quantitative estimate of drug-likeness (QED) is 0.690. The Morgan fingerprint density at radius 1 is 0.900 bits per heavy atom. The van der Waals surface area contributed by atoms with Crippen LogP contribution in [0.3, 0.4) is 0 Å². The molecule has 0 radical (unpaired) electrons. The molecule has 0 atom stereocenters. The van der Waals surface area contributed by atoms with Crippen LogP contribution in [0.15, 0.2) is 40.9 Å². The van der Waals surface area contributed by atoms with Gasteiger partial charge in [0.1, 0.15) is 0 Å². The van der Waals surface area contributed by atoms with Gasteiger partial charge in [0.2, 0.25) is 0 Å². The lowest BCUT2D eigenvalue weighted by molar-refractivity contribution is 0.0926. The Morgan fingerprint density at radius 2 is 1.60 bits per heavy atom. The van der Waals surface area contributed by atoms with E-state index >= 15 is 0 Å². The minimum atomic E-state index is -0.424. The van der Waals surface area contributed by atoms with Crippen LogP contribution in [0.25, 0.3) is 0 Å². The van der Waals surface area contributed by atoms with Crippen LogP contribution in [0, 0.1) is 0 Å². The maximum atomic E-state index is 12.4. The van der Waals surface area contributed by atoms with Crippen molar-refractivity contribution in [2.45, 2.75) is 0 Å². The third-order valence-electron chi connectivity index (χ3n) is 3.00. The molecule has 0 aromatic heterocycles. The maximum absolute atomic E-state index is 12.4. The van der Waals surface area contributed by atoms with Gasteiger partial charge < -0.3 is 0 Å². The molecule has 3 rings (SSSR count). The molecule has 0 N–H and O–H groups in total. The lowest BCUT2D eigenvalue weighted by atomic mass is 10.1. The molecule has 2 aromatic carbocycles. The average Bonchev–Trinajstić information content (AvgIpc) is 2.65. The Labute approximate surface area is 133 Å². The van der Waals surface area contributed by atoms with Crippen molar-refractivity contribution in [1.82, 2.24) is 0 Å². The SMILES string of the molecule is O=C1c2ccc(Cl)cc2C(=O)N1c1cc(Br)ccc1Cl. The summed E-state index contributed by atoms with van der Waals surface area (Å²) >= 11 is 15.3. The van der Waals surface area contributed by atoms with E-state index < -0.39 is 11.8 Å². The molecule has 100 valence electrons. The predicted molar refractivity (Wildman–Crippen MR) is 81.7 cm³/mol. The monoisotopic (exact) mass is 369 g/mol. The number of nitrogens with zero attached hydrogens (tertiary/aromatic N) is 1. The van der Waals surface area contributed by atoms with E-state index in [1.807, 2.05) is 0 Å². The first kappa shape index (κ1) is 13.6. The number of rotatable bonds is 1. The summed E-state index contributed by atoms with van der Waals surface area (Å²) in [5.41, 5.74) is 0.970. The molecule has 3 nitrogen and oxygen atoms in total. The van der Waals surface area contributed by atoms with Gasteiger partial charge in [0, 0.05) is 9.50 Å². The Morgan fingerprint density at radius 3 is 2.35 bits per heavy atom. The van der Waals surface area contributed by atoms with Gasteiger partial charge >= 0.3 is 0 Å². The van der Waals surface area contributed by atoms with Crippen molar-refractivity contribution in [3.63, 3.8) is 0 Å². The Balaban J connectivity index is 2.16. The van der Waals surface area contributed by atoms with Crippen molar-refractivity contribution >= 4 is 56.6 Å². The van der Waals surface area contributed by atoms with Crippen molar-refractivity contribution in [3.8, 4) is 0 Å². The number of fused-ring (bicyclic) bond motifs is 1. The zero-order valence-electron chi connectivity index (χ0n) is 9.86. The zero-order valence-corrected chi connectivity index (χ0v) is 13.0. The number of carbonyl (C=O) groups is 2. The summed E-state index contributed by atoms with van der Waals surface area (Å²) in [5, 5.41) is 0.737. The molecule has 1 aliphatic rings. The summed E-state index contributed by atoms with van der Waals surface area (Å²) in [4.78, 5) is 25.8. The van der Waals surface area contributed by atoms with Crippen LogP contribution in [0.5, 0.6) is 0 Å². The van der Waals surface area contributed by atoms with Crippen molar-refractivity contribution in [1.29, 1.82) is 0 Å². The molecule has 0 bridgehead atoms. The van der Waals surface area contributed by atoms with Gasteiger partial charge in [-0.25, -0.2) is 4.90 Å². The zero-order chi connectivity index (χ0) is 14.4. The van der Waals surface area contributed by atoms with Gasteiger partial charge in [0.15, 0.2) is 0 Å². The summed E-state index contributed by atoms with van der Waals surface area (Å²) in [6.45, 7) is 0. The summed E-state index contributed by atoms with van der Waals surface area (Å²) in [6, 6.07) is 9.61. The smallest absolute Gasteiger partial charge is 0.266 e. The van der Waals surface area contributed by atoms with Crippen molar-refractivity contribution in [2.24, 2.45) is 0 Å². The van der Waals surface area contributed by atoms with Crippen LogP contribution >= 0.6 is 39.1 Å². The van der Waals surface area contributed by atoms with E-state index in [-0.39, 0.29) is 0 Å². The minimum absolute atomic E-state index is 0.290. The van der Waals surface area contributed by atoms with Gasteiger partial charge in [0.25, 0.3) is 11.8 Å². The van der Waals surface area contributed by atoms with Crippen molar-refractivity contribution < 1.29 is 9.59 Å². The first-order chi connectivity index (χ1) is 9.49. The number of imide groups is 1. The highest BCUT2D eigenvalue weighted by Gasteiger charge is 2.37. The van der Waals surface area contributed by atoms with Gasteiger partial charge in [-0.2, -0.15) is 0 Å². The molecule has 1 aliphatic heterocycles. The number of halogens is 3. The van der Waals surface area contributed by atoms with E-state index in [2.05, 4.69) is 15.9 Å². The van der Waals surface area contributed by atoms with Gasteiger partial charge in [-0.15, -0.1) is 0 Å². The second-order valence-corrected chi connectivity index (χ2v) is 5.99. The van der Waals surface area contributed by atoms with Crippen LogP contribution in [-0.2, 0) is 0 Å². The lowest BCUT2D eigenvalue weighted by Crippen LogP contribution is -2.29.